The van der Waals surface area contributed by atoms with Gasteiger partial charge in [-0.05, 0) is 67.5 Å². The monoisotopic (exact) mass is 894 g/mol. The normalized spacial score (nSPS) is 13.5. The smallest absolute Gasteiger partial charge is 0.242 e. The van der Waals surface area contributed by atoms with Gasteiger partial charge >= 0.3 is 0 Å². The van der Waals surface area contributed by atoms with Crippen LogP contribution in [0.25, 0.3) is 21.8 Å². The van der Waals surface area contributed by atoms with Crippen LogP contribution in [0.3, 0.4) is 0 Å². The second kappa shape index (κ2) is 23.5. The van der Waals surface area contributed by atoms with Gasteiger partial charge in [-0.2, -0.15) is 0 Å². The number of fused-ring (bicyclic) bond motifs is 2. The first-order chi connectivity index (χ1) is 31.9. The van der Waals surface area contributed by atoms with E-state index >= 15 is 0 Å². The summed E-state index contributed by atoms with van der Waals surface area (Å²) in [6.07, 6.45) is 13.7. The van der Waals surface area contributed by atoms with Crippen molar-refractivity contribution in [1.29, 1.82) is 0 Å². The van der Waals surface area contributed by atoms with Crippen LogP contribution in [0, 0.1) is 30.1 Å². The average molecular weight is 895 g/mol. The topological polar surface area (TPSA) is 268 Å². The number of nitrogens with one attached hydrogen (secondary N) is 5. The standard InChI is InChI=1S/C50H58N10O6/c1-2-20-60(59-50(66)34(22-36-28-55-42-17-8-6-15-39(36)42)25-45(61)41(52)27-38-30-54-31-57-38)47(63)26-35(23-37-29-56-43-18-9-7-16-40(37)43)49(65)58-44(21-32-12-4-3-5-13-32)46(62)24-33(48(53)64)14-10-11-19-51/h1,3-9,12-13,15-18,28-31,33-35,41,44,55-56H,10-11,14,19-27,51-52H2,(H2,53,64)(H,54,57)(H,58,65)(H,59,66)/t33-,34+,35-,41+,44-/m1/s1. The number of para-hydroxylation sites is 2. The molecular weight excluding hydrogens is 837 g/mol. The summed E-state index contributed by atoms with van der Waals surface area (Å²) in [4.78, 5) is 97.0. The molecule has 0 spiro atoms. The number of terminal acetylenes is 1. The Kier molecular flexibility index (Phi) is 17.2. The summed E-state index contributed by atoms with van der Waals surface area (Å²) in [7, 11) is 0. The third-order valence-electron chi connectivity index (χ3n) is 11.9. The molecule has 3 heterocycles. The average Bonchev–Trinajstić information content (AvgIpc) is 4.09. The molecule has 0 aliphatic carbocycles. The molecule has 3 aromatic heterocycles. The molecule has 0 bridgehead atoms. The molecule has 66 heavy (non-hydrogen) atoms. The number of aromatic amines is 3. The third-order valence-corrected chi connectivity index (χ3v) is 11.9. The predicted molar refractivity (Wildman–Crippen MR) is 251 cm³/mol. The Bertz CT molecular complexity index is 2630. The number of hydrogen-bond acceptors (Lipinski definition) is 9. The number of hydrazine groups is 1. The van der Waals surface area contributed by atoms with Crippen LogP contribution in [-0.4, -0.2) is 85.3 Å². The highest BCUT2D eigenvalue weighted by Crippen LogP contribution is 2.26. The van der Waals surface area contributed by atoms with Gasteiger partial charge in [-0.25, -0.2) is 9.99 Å². The summed E-state index contributed by atoms with van der Waals surface area (Å²) in [5.41, 5.74) is 25.1. The van der Waals surface area contributed by atoms with E-state index in [0.29, 0.717) is 31.5 Å². The number of ketones is 2. The van der Waals surface area contributed by atoms with E-state index in [0.717, 1.165) is 43.5 Å². The SMILES string of the molecule is C#CCN(NC(=O)[C@H](CC(=O)[C@@H](N)Cc1cnc[nH]1)Cc1c[nH]c2ccccc12)C(=O)C[C@@H](Cc1c[nH]c2ccccc12)C(=O)N[C@H](Cc1ccccc1)C(=O)C[C@@H](CCCCN)C(N)=O. The second-order valence-electron chi connectivity index (χ2n) is 16.7. The molecule has 0 saturated heterocycles. The van der Waals surface area contributed by atoms with E-state index in [-0.39, 0.29) is 56.6 Å². The minimum atomic E-state index is -1.07. The highest BCUT2D eigenvalue weighted by atomic mass is 16.2. The third kappa shape index (κ3) is 13.1. The van der Waals surface area contributed by atoms with Crippen LogP contribution in [0.15, 0.2) is 104 Å². The van der Waals surface area contributed by atoms with Crippen molar-refractivity contribution in [2.24, 2.45) is 35.0 Å². The largest absolute Gasteiger partial charge is 0.369 e. The van der Waals surface area contributed by atoms with Gasteiger partial charge in [0.15, 0.2) is 11.6 Å². The van der Waals surface area contributed by atoms with Crippen LogP contribution in [0.4, 0.5) is 0 Å². The number of nitrogens with zero attached hydrogens (tertiary/aromatic N) is 2. The Morgan fingerprint density at radius 2 is 1.32 bits per heavy atom. The van der Waals surface area contributed by atoms with Gasteiger partial charge in [0, 0.05) is 77.7 Å². The Balaban J connectivity index is 1.26. The van der Waals surface area contributed by atoms with Crippen LogP contribution in [0.2, 0.25) is 0 Å². The van der Waals surface area contributed by atoms with Crippen LogP contribution in [0.5, 0.6) is 0 Å². The number of hydrogen-bond donors (Lipinski definition) is 8. The maximum Gasteiger partial charge on any atom is 0.242 e. The predicted octanol–water partition coefficient (Wildman–Crippen LogP) is 3.72. The first kappa shape index (κ1) is 48.1. The molecule has 6 aromatic rings. The van der Waals surface area contributed by atoms with E-state index in [1.807, 2.05) is 78.9 Å². The molecule has 0 saturated carbocycles. The zero-order valence-corrected chi connectivity index (χ0v) is 36.8. The number of imidazole rings is 1. The van der Waals surface area contributed by atoms with Crippen molar-refractivity contribution in [3.8, 4) is 12.3 Å². The fraction of sp³-hybridized carbons (Fsp3) is 0.340. The molecule has 0 fully saturated rings. The van der Waals surface area contributed by atoms with Crippen molar-refractivity contribution in [3.05, 3.63) is 126 Å². The van der Waals surface area contributed by atoms with Gasteiger partial charge in [0.1, 0.15) is 6.54 Å². The quantitative estimate of drug-likeness (QED) is 0.0236. The number of rotatable bonds is 25. The molecule has 0 aliphatic rings. The lowest BCUT2D eigenvalue weighted by Gasteiger charge is -2.27. The first-order valence-corrected chi connectivity index (χ1v) is 22.2. The van der Waals surface area contributed by atoms with E-state index in [9.17, 15) is 28.8 Å². The Morgan fingerprint density at radius 1 is 0.712 bits per heavy atom. The lowest BCUT2D eigenvalue weighted by atomic mass is 9.89. The summed E-state index contributed by atoms with van der Waals surface area (Å²) in [6.45, 7) is 0.0746. The number of carbonyl (C=O) groups is 6. The maximum atomic E-state index is 14.6. The number of primary amides is 1. The number of H-pyrrole nitrogens is 3. The first-order valence-electron chi connectivity index (χ1n) is 22.2. The minimum absolute atomic E-state index is 0.0700. The molecule has 344 valence electrons. The van der Waals surface area contributed by atoms with E-state index < -0.39 is 59.9 Å². The van der Waals surface area contributed by atoms with Crippen molar-refractivity contribution in [2.45, 2.75) is 76.3 Å². The van der Waals surface area contributed by atoms with Gasteiger partial charge < -0.3 is 37.5 Å². The number of Topliss-reactive ketones (excluding diaryl/α,β-unsaturated/α-hetero) is 2. The number of unbranched alkanes of at least 4 members (excludes halogenated alkanes) is 1. The van der Waals surface area contributed by atoms with Gasteiger partial charge in [0.05, 0.1) is 30.2 Å². The van der Waals surface area contributed by atoms with Gasteiger partial charge in [0.25, 0.3) is 0 Å². The number of benzene rings is 3. The number of nitrogens with two attached hydrogens (primary N) is 3. The molecule has 0 unspecified atom stereocenters. The molecule has 5 atom stereocenters. The van der Waals surface area contributed by atoms with Crippen molar-refractivity contribution < 1.29 is 28.8 Å². The summed E-state index contributed by atoms with van der Waals surface area (Å²) in [5, 5.41) is 5.63. The van der Waals surface area contributed by atoms with Gasteiger partial charge in [-0.15, -0.1) is 6.42 Å². The van der Waals surface area contributed by atoms with Crippen LogP contribution >= 0.6 is 0 Å². The highest BCUT2D eigenvalue weighted by molar-refractivity contribution is 5.95. The number of amides is 4. The second-order valence-corrected chi connectivity index (χ2v) is 16.7. The fourth-order valence-electron chi connectivity index (χ4n) is 8.26. The van der Waals surface area contributed by atoms with E-state index in [4.69, 9.17) is 23.6 Å². The molecule has 6 rings (SSSR count). The minimum Gasteiger partial charge on any atom is -0.369 e. The lowest BCUT2D eigenvalue weighted by molar-refractivity contribution is -0.145. The van der Waals surface area contributed by atoms with E-state index in [2.05, 4.69) is 36.6 Å². The molecule has 4 amide bonds. The molecule has 11 N–H and O–H groups in total. The maximum absolute atomic E-state index is 14.6. The highest BCUT2D eigenvalue weighted by Gasteiger charge is 2.33. The molecule has 3 aromatic carbocycles. The van der Waals surface area contributed by atoms with Crippen molar-refractivity contribution in [3.63, 3.8) is 0 Å². The summed E-state index contributed by atoms with van der Waals surface area (Å²) in [5.74, 6) is -3.66. The molecule has 16 nitrogen and oxygen atoms in total. The Labute approximate surface area is 383 Å². The molecule has 0 radical (unpaired) electrons. The van der Waals surface area contributed by atoms with Crippen LogP contribution in [0.1, 0.15) is 60.9 Å². The number of carbonyl (C=O) groups excluding carboxylic acids is 6. The van der Waals surface area contributed by atoms with Crippen LogP contribution < -0.4 is 27.9 Å². The Morgan fingerprint density at radius 3 is 1.91 bits per heavy atom. The van der Waals surface area contributed by atoms with Gasteiger partial charge in [-0.3, -0.25) is 34.2 Å². The Hall–Kier alpha value is -7.35. The van der Waals surface area contributed by atoms with E-state index in [1.165, 1.54) is 6.33 Å². The summed E-state index contributed by atoms with van der Waals surface area (Å²) >= 11 is 0. The van der Waals surface area contributed by atoms with Crippen molar-refractivity contribution in [2.75, 3.05) is 13.1 Å². The van der Waals surface area contributed by atoms with E-state index in [1.54, 1.807) is 18.6 Å². The van der Waals surface area contributed by atoms with Crippen molar-refractivity contribution in [1.82, 2.24) is 35.7 Å². The molecule has 0 aliphatic heterocycles. The van der Waals surface area contributed by atoms with Gasteiger partial charge in [0.2, 0.25) is 23.6 Å². The fourth-order valence-corrected chi connectivity index (χ4v) is 8.26. The van der Waals surface area contributed by atoms with Gasteiger partial charge in [-0.1, -0.05) is 79.1 Å². The van der Waals surface area contributed by atoms with Crippen molar-refractivity contribution >= 4 is 57.0 Å². The summed E-state index contributed by atoms with van der Waals surface area (Å²) in [6, 6.07) is 22.2. The number of aromatic nitrogens is 4. The summed E-state index contributed by atoms with van der Waals surface area (Å²) < 4.78 is 0. The lowest BCUT2D eigenvalue weighted by Crippen LogP contribution is -2.51. The zero-order valence-electron chi connectivity index (χ0n) is 36.8. The molecular formula is C50H58N10O6. The molecule has 16 heteroatoms. The van der Waals surface area contributed by atoms with Crippen LogP contribution in [-0.2, 0) is 54.5 Å². The zero-order chi connectivity index (χ0) is 47.0.